The molecule has 0 saturated heterocycles. The molecule has 6 nitrogen and oxygen atoms in total. The standard InChI is InChI=1S/C25H24BrN3O3/c1-4-15-5-7-17(8-6-15)23-22-21-19(24(30)28(3)25(31)27(21)2)20(29(22)13-14-32-23)16-9-11-18(26)12-10-16/h5-12,23H,4,13-14H2,1-3H3. The lowest BCUT2D eigenvalue weighted by Gasteiger charge is -2.28. The van der Waals surface area contributed by atoms with E-state index in [0.29, 0.717) is 24.1 Å². The Kier molecular flexibility index (Phi) is 5.18. The van der Waals surface area contributed by atoms with Crippen molar-refractivity contribution in [3.63, 3.8) is 0 Å². The van der Waals surface area contributed by atoms with Gasteiger partial charge in [-0.25, -0.2) is 4.79 Å². The minimum Gasteiger partial charge on any atom is -0.365 e. The lowest BCUT2D eigenvalue weighted by Crippen LogP contribution is -2.37. The molecule has 7 heteroatoms. The second-order valence-corrected chi connectivity index (χ2v) is 9.08. The predicted octanol–water partition coefficient (Wildman–Crippen LogP) is 4.15. The lowest BCUT2D eigenvalue weighted by molar-refractivity contribution is 0.0478. The van der Waals surface area contributed by atoms with Crippen LogP contribution in [-0.2, 0) is 31.8 Å². The lowest BCUT2D eigenvalue weighted by atomic mass is 10.0. The Labute approximate surface area is 193 Å². The van der Waals surface area contributed by atoms with E-state index in [9.17, 15) is 9.59 Å². The van der Waals surface area contributed by atoms with Crippen LogP contribution in [0.15, 0.2) is 62.6 Å². The number of hydrogen-bond donors (Lipinski definition) is 0. The Morgan fingerprint density at radius 2 is 1.69 bits per heavy atom. The summed E-state index contributed by atoms with van der Waals surface area (Å²) in [5, 5.41) is 0.549. The van der Waals surface area contributed by atoms with Crippen LogP contribution in [0, 0.1) is 0 Å². The van der Waals surface area contributed by atoms with E-state index in [-0.39, 0.29) is 17.4 Å². The van der Waals surface area contributed by atoms with Crippen LogP contribution >= 0.6 is 15.9 Å². The van der Waals surface area contributed by atoms with Crippen LogP contribution in [0.2, 0.25) is 0 Å². The van der Waals surface area contributed by atoms with Gasteiger partial charge in [-0.1, -0.05) is 59.3 Å². The summed E-state index contributed by atoms with van der Waals surface area (Å²) < 4.78 is 12.1. The SMILES string of the molecule is CCc1ccc(C2OCCn3c(-c4ccc(Br)cc4)c4c(=O)n(C)c(=O)n(C)c4c32)cc1. The molecule has 0 aliphatic carbocycles. The van der Waals surface area contributed by atoms with E-state index in [4.69, 9.17) is 4.74 Å². The highest BCUT2D eigenvalue weighted by molar-refractivity contribution is 9.10. The maximum absolute atomic E-state index is 13.4. The minimum atomic E-state index is -0.362. The number of aryl methyl sites for hydroxylation is 2. The Balaban J connectivity index is 1.89. The van der Waals surface area contributed by atoms with Crippen molar-refractivity contribution in [2.24, 2.45) is 14.1 Å². The van der Waals surface area contributed by atoms with E-state index in [1.54, 1.807) is 11.6 Å². The number of nitrogens with zero attached hydrogens (tertiary/aromatic N) is 3. The molecule has 0 N–H and O–H groups in total. The fourth-order valence-electron chi connectivity index (χ4n) is 4.67. The highest BCUT2D eigenvalue weighted by Crippen LogP contribution is 2.40. The molecule has 3 heterocycles. The van der Waals surface area contributed by atoms with Gasteiger partial charge in [-0.3, -0.25) is 13.9 Å². The highest BCUT2D eigenvalue weighted by Gasteiger charge is 2.33. The third-order valence-electron chi connectivity index (χ3n) is 6.36. The van der Waals surface area contributed by atoms with Gasteiger partial charge in [0.2, 0.25) is 0 Å². The van der Waals surface area contributed by atoms with Gasteiger partial charge in [-0.05, 0) is 35.2 Å². The molecule has 0 saturated carbocycles. The van der Waals surface area contributed by atoms with Crippen molar-refractivity contribution in [1.82, 2.24) is 13.7 Å². The highest BCUT2D eigenvalue weighted by atomic mass is 79.9. The summed E-state index contributed by atoms with van der Waals surface area (Å²) in [5.41, 5.74) is 4.89. The van der Waals surface area contributed by atoms with Crippen molar-refractivity contribution in [3.05, 3.63) is 90.7 Å². The summed E-state index contributed by atoms with van der Waals surface area (Å²) in [6.45, 7) is 3.25. The number of fused-ring (bicyclic) bond motifs is 3. The van der Waals surface area contributed by atoms with Gasteiger partial charge in [-0.2, -0.15) is 0 Å². The van der Waals surface area contributed by atoms with Crippen LogP contribution < -0.4 is 11.2 Å². The first-order valence-electron chi connectivity index (χ1n) is 10.7. The quantitative estimate of drug-likeness (QED) is 0.430. The third-order valence-corrected chi connectivity index (χ3v) is 6.89. The molecule has 5 rings (SSSR count). The molecule has 4 aromatic rings. The van der Waals surface area contributed by atoms with E-state index in [1.807, 2.05) is 24.3 Å². The third kappa shape index (κ3) is 3.11. The second-order valence-electron chi connectivity index (χ2n) is 8.17. The minimum absolute atomic E-state index is 0.289. The zero-order valence-electron chi connectivity index (χ0n) is 18.3. The first kappa shape index (κ1) is 21.0. The maximum atomic E-state index is 13.4. The number of benzene rings is 2. The number of aromatic nitrogens is 3. The summed E-state index contributed by atoms with van der Waals surface area (Å²) >= 11 is 3.49. The molecular weight excluding hydrogens is 470 g/mol. The molecular formula is C25H24BrN3O3. The van der Waals surface area contributed by atoms with Crippen LogP contribution in [-0.4, -0.2) is 20.3 Å². The van der Waals surface area contributed by atoms with Gasteiger partial charge in [0.25, 0.3) is 5.56 Å². The molecule has 1 aliphatic heterocycles. The molecule has 164 valence electrons. The van der Waals surface area contributed by atoms with Crippen LogP contribution in [0.5, 0.6) is 0 Å². The Bertz CT molecular complexity index is 1440. The topological polar surface area (TPSA) is 58.2 Å². The van der Waals surface area contributed by atoms with Crippen molar-refractivity contribution in [2.45, 2.75) is 26.0 Å². The van der Waals surface area contributed by atoms with Gasteiger partial charge < -0.3 is 9.30 Å². The Morgan fingerprint density at radius 3 is 2.34 bits per heavy atom. The maximum Gasteiger partial charge on any atom is 0.331 e. The number of ether oxygens (including phenoxy) is 1. The van der Waals surface area contributed by atoms with E-state index in [0.717, 1.165) is 33.4 Å². The summed E-state index contributed by atoms with van der Waals surface area (Å²) in [6.07, 6.45) is 0.600. The van der Waals surface area contributed by atoms with Gasteiger partial charge >= 0.3 is 5.69 Å². The van der Waals surface area contributed by atoms with Gasteiger partial charge in [0, 0.05) is 25.1 Å². The number of hydrogen-bond acceptors (Lipinski definition) is 3. The normalized spacial score (nSPS) is 15.8. The van der Waals surface area contributed by atoms with E-state index < -0.39 is 0 Å². The van der Waals surface area contributed by atoms with Crippen molar-refractivity contribution < 1.29 is 4.74 Å². The smallest absolute Gasteiger partial charge is 0.331 e. The monoisotopic (exact) mass is 493 g/mol. The fraction of sp³-hybridized carbons (Fsp3) is 0.280. The van der Waals surface area contributed by atoms with Gasteiger partial charge in [0.05, 0.1) is 28.9 Å². The van der Waals surface area contributed by atoms with E-state index in [1.165, 1.54) is 17.2 Å². The molecule has 32 heavy (non-hydrogen) atoms. The van der Waals surface area contributed by atoms with Crippen LogP contribution in [0.25, 0.3) is 22.2 Å². The molecule has 1 atom stereocenters. The zero-order chi connectivity index (χ0) is 22.6. The molecule has 2 aromatic carbocycles. The van der Waals surface area contributed by atoms with Crippen molar-refractivity contribution in [1.29, 1.82) is 0 Å². The van der Waals surface area contributed by atoms with Crippen LogP contribution in [0.1, 0.15) is 29.8 Å². The summed E-state index contributed by atoms with van der Waals surface area (Å²) in [6, 6.07) is 16.3. The van der Waals surface area contributed by atoms with Crippen LogP contribution in [0.3, 0.4) is 0 Å². The second kappa shape index (κ2) is 7.90. The van der Waals surface area contributed by atoms with E-state index >= 15 is 0 Å². The van der Waals surface area contributed by atoms with Gasteiger partial charge in [0.1, 0.15) is 6.10 Å². The van der Waals surface area contributed by atoms with Crippen LogP contribution in [0.4, 0.5) is 0 Å². The van der Waals surface area contributed by atoms with Gasteiger partial charge in [-0.15, -0.1) is 0 Å². The zero-order valence-corrected chi connectivity index (χ0v) is 19.8. The molecule has 0 radical (unpaired) electrons. The largest absolute Gasteiger partial charge is 0.365 e. The molecule has 1 unspecified atom stereocenters. The summed E-state index contributed by atoms with van der Waals surface area (Å²) in [4.78, 5) is 26.3. The molecule has 0 fully saturated rings. The first-order valence-corrected chi connectivity index (χ1v) is 11.5. The number of rotatable bonds is 3. The molecule has 0 spiro atoms. The Morgan fingerprint density at radius 1 is 1.00 bits per heavy atom. The molecule has 0 amide bonds. The molecule has 0 bridgehead atoms. The molecule has 2 aromatic heterocycles. The van der Waals surface area contributed by atoms with Crippen molar-refractivity contribution >= 4 is 26.8 Å². The van der Waals surface area contributed by atoms with E-state index in [2.05, 4.69) is 51.7 Å². The summed E-state index contributed by atoms with van der Waals surface area (Å²) in [5.74, 6) is 0. The first-order chi connectivity index (χ1) is 15.4. The molecule has 1 aliphatic rings. The van der Waals surface area contributed by atoms with Gasteiger partial charge in [0.15, 0.2) is 0 Å². The summed E-state index contributed by atoms with van der Waals surface area (Å²) in [7, 11) is 3.26. The average Bonchev–Trinajstić information content (AvgIpc) is 3.17. The number of halogens is 1. The Hall–Kier alpha value is -2.90. The fourth-order valence-corrected chi connectivity index (χ4v) is 4.93. The van der Waals surface area contributed by atoms with Crippen molar-refractivity contribution in [3.8, 4) is 11.3 Å². The predicted molar refractivity (Wildman–Crippen MR) is 129 cm³/mol. The average molecular weight is 494 g/mol. The van der Waals surface area contributed by atoms with Crippen molar-refractivity contribution in [2.75, 3.05) is 6.61 Å².